The van der Waals surface area contributed by atoms with Crippen LogP contribution in [0.4, 0.5) is 5.82 Å². The molecule has 1 amide bonds. The summed E-state index contributed by atoms with van der Waals surface area (Å²) in [6, 6.07) is 7.98. The molecule has 9 heteroatoms. The smallest absolute Gasteiger partial charge is 0.226 e. The fraction of sp³-hybridized carbons (Fsp3) is 0.478. The van der Waals surface area contributed by atoms with E-state index in [0.717, 1.165) is 43.2 Å². The summed E-state index contributed by atoms with van der Waals surface area (Å²) in [5, 5.41) is 7.47. The predicted octanol–water partition coefficient (Wildman–Crippen LogP) is 2.81. The summed E-state index contributed by atoms with van der Waals surface area (Å²) >= 11 is 0. The average molecular weight is 438 g/mol. The molecule has 0 aromatic carbocycles. The van der Waals surface area contributed by atoms with Crippen LogP contribution in [0.3, 0.4) is 0 Å². The highest BCUT2D eigenvalue weighted by Gasteiger charge is 2.24. The minimum Gasteiger partial charge on any atom is -0.458 e. The Hall–Kier alpha value is -3.04. The molecule has 9 nitrogen and oxygen atoms in total. The highest BCUT2D eigenvalue weighted by molar-refractivity contribution is 5.90. The molecule has 1 fully saturated rings. The van der Waals surface area contributed by atoms with E-state index < -0.39 is 0 Å². The minimum atomic E-state index is -0.0714. The van der Waals surface area contributed by atoms with Crippen LogP contribution in [0.5, 0.6) is 0 Å². The first-order valence-corrected chi connectivity index (χ1v) is 11.0. The van der Waals surface area contributed by atoms with Crippen LogP contribution >= 0.6 is 0 Å². The minimum absolute atomic E-state index is 0.0714. The van der Waals surface area contributed by atoms with E-state index in [-0.39, 0.29) is 5.91 Å². The van der Waals surface area contributed by atoms with Gasteiger partial charge in [0.15, 0.2) is 17.4 Å². The molecule has 4 heterocycles. The number of rotatable bonds is 7. The quantitative estimate of drug-likeness (QED) is 0.608. The Balaban J connectivity index is 1.51. The maximum atomic E-state index is 12.7. The van der Waals surface area contributed by atoms with Gasteiger partial charge in [-0.2, -0.15) is 5.10 Å². The number of carbonyl (C=O) groups excluding carboxylic acids is 1. The second-order valence-electron chi connectivity index (χ2n) is 8.69. The van der Waals surface area contributed by atoms with Gasteiger partial charge in [-0.25, -0.2) is 14.6 Å². The Labute approximate surface area is 188 Å². The molecule has 0 spiro atoms. The Morgan fingerprint density at radius 2 is 2.03 bits per heavy atom. The lowest BCUT2D eigenvalue weighted by Crippen LogP contribution is -2.32. The van der Waals surface area contributed by atoms with Gasteiger partial charge >= 0.3 is 0 Å². The number of anilines is 1. The van der Waals surface area contributed by atoms with Gasteiger partial charge in [0.05, 0.1) is 5.69 Å². The Bertz CT molecular complexity index is 1100. The molecule has 1 aliphatic heterocycles. The molecule has 32 heavy (non-hydrogen) atoms. The second kappa shape index (κ2) is 9.22. The summed E-state index contributed by atoms with van der Waals surface area (Å²) in [6.45, 7) is 8.52. The Kier molecular flexibility index (Phi) is 6.38. The van der Waals surface area contributed by atoms with Crippen molar-refractivity contribution >= 4 is 11.7 Å². The zero-order chi connectivity index (χ0) is 22.8. The normalized spacial score (nSPS) is 16.8. The predicted molar refractivity (Wildman–Crippen MR) is 123 cm³/mol. The summed E-state index contributed by atoms with van der Waals surface area (Å²) in [5.41, 5.74) is 1.84. The summed E-state index contributed by atoms with van der Waals surface area (Å²) in [7, 11) is 4.21. The average Bonchev–Trinajstić information content (AvgIpc) is 3.46. The SMILES string of the molecule is Cc1cc(C)n(-c2cc(NC(=O)CCN3CC[C@@H](N(C)C)C3)nc(-c3ccc(C)o3)n2)n1. The molecule has 1 saturated heterocycles. The van der Waals surface area contributed by atoms with E-state index in [1.54, 1.807) is 10.7 Å². The number of carbonyl (C=O) groups is 1. The molecular formula is C23H31N7O2. The van der Waals surface area contributed by atoms with Crippen molar-refractivity contribution in [3.05, 3.63) is 41.4 Å². The van der Waals surface area contributed by atoms with E-state index in [9.17, 15) is 4.79 Å². The molecule has 1 N–H and O–H groups in total. The molecule has 4 rings (SSSR count). The Morgan fingerprint density at radius 3 is 2.66 bits per heavy atom. The first-order valence-electron chi connectivity index (χ1n) is 11.0. The van der Waals surface area contributed by atoms with E-state index in [4.69, 9.17) is 4.42 Å². The number of likely N-dealkylation sites (N-methyl/N-ethyl adjacent to an activating group) is 1. The molecule has 0 saturated carbocycles. The third-order valence-electron chi connectivity index (χ3n) is 5.80. The third-order valence-corrected chi connectivity index (χ3v) is 5.80. The van der Waals surface area contributed by atoms with Crippen molar-refractivity contribution in [2.45, 2.75) is 39.7 Å². The van der Waals surface area contributed by atoms with Crippen LogP contribution in [0.25, 0.3) is 17.4 Å². The van der Waals surface area contributed by atoms with Crippen molar-refractivity contribution in [2.75, 3.05) is 39.0 Å². The monoisotopic (exact) mass is 437 g/mol. The van der Waals surface area contributed by atoms with Crippen LogP contribution in [-0.4, -0.2) is 75.2 Å². The van der Waals surface area contributed by atoms with Crippen LogP contribution in [0, 0.1) is 20.8 Å². The van der Waals surface area contributed by atoms with E-state index in [0.29, 0.717) is 35.7 Å². The van der Waals surface area contributed by atoms with E-state index in [2.05, 4.69) is 44.3 Å². The maximum absolute atomic E-state index is 12.7. The molecule has 0 aliphatic carbocycles. The van der Waals surface area contributed by atoms with Crippen LogP contribution < -0.4 is 5.32 Å². The molecule has 0 unspecified atom stereocenters. The zero-order valence-corrected chi connectivity index (χ0v) is 19.4. The first-order chi connectivity index (χ1) is 15.3. The van der Waals surface area contributed by atoms with Crippen LogP contribution in [0.2, 0.25) is 0 Å². The number of nitrogens with zero attached hydrogens (tertiary/aromatic N) is 6. The van der Waals surface area contributed by atoms with Crippen molar-refractivity contribution in [3.63, 3.8) is 0 Å². The van der Waals surface area contributed by atoms with Crippen LogP contribution in [0.15, 0.2) is 28.7 Å². The fourth-order valence-electron chi connectivity index (χ4n) is 4.03. The molecule has 1 aliphatic rings. The van der Waals surface area contributed by atoms with Gasteiger partial charge in [0.2, 0.25) is 5.91 Å². The van der Waals surface area contributed by atoms with Gasteiger partial charge in [0.25, 0.3) is 0 Å². The number of likely N-dealkylation sites (tertiary alicyclic amines) is 1. The molecule has 1 atom stereocenters. The molecule has 3 aromatic rings. The van der Waals surface area contributed by atoms with E-state index >= 15 is 0 Å². The Morgan fingerprint density at radius 1 is 1.22 bits per heavy atom. The zero-order valence-electron chi connectivity index (χ0n) is 19.4. The lowest BCUT2D eigenvalue weighted by atomic mass is 10.2. The van der Waals surface area contributed by atoms with Crippen LogP contribution in [0.1, 0.15) is 30.0 Å². The van der Waals surface area contributed by atoms with Gasteiger partial charge in [-0.15, -0.1) is 0 Å². The largest absolute Gasteiger partial charge is 0.458 e. The molecule has 170 valence electrons. The van der Waals surface area contributed by atoms with Gasteiger partial charge in [-0.1, -0.05) is 0 Å². The lowest BCUT2D eigenvalue weighted by Gasteiger charge is -2.20. The topological polar surface area (TPSA) is 92.3 Å². The van der Waals surface area contributed by atoms with E-state index in [1.165, 1.54) is 0 Å². The molecular weight excluding hydrogens is 406 g/mol. The number of hydrogen-bond donors (Lipinski definition) is 1. The van der Waals surface area contributed by atoms with Crippen molar-refractivity contribution < 1.29 is 9.21 Å². The van der Waals surface area contributed by atoms with Crippen LogP contribution in [-0.2, 0) is 4.79 Å². The number of furan rings is 1. The summed E-state index contributed by atoms with van der Waals surface area (Å²) in [6.07, 6.45) is 1.55. The second-order valence-corrected chi connectivity index (χ2v) is 8.69. The van der Waals surface area contributed by atoms with Gasteiger partial charge in [-0.3, -0.25) is 4.79 Å². The highest BCUT2D eigenvalue weighted by Crippen LogP contribution is 2.23. The summed E-state index contributed by atoms with van der Waals surface area (Å²) in [4.78, 5) is 26.5. The molecule has 3 aromatic heterocycles. The van der Waals surface area contributed by atoms with E-state index in [1.807, 2.05) is 39.0 Å². The highest BCUT2D eigenvalue weighted by atomic mass is 16.3. The van der Waals surface area contributed by atoms with Crippen molar-refractivity contribution in [3.8, 4) is 17.4 Å². The van der Waals surface area contributed by atoms with Gasteiger partial charge < -0.3 is 19.5 Å². The van der Waals surface area contributed by atoms with Gasteiger partial charge in [-0.05, 0) is 66.0 Å². The van der Waals surface area contributed by atoms with Gasteiger partial charge in [0, 0.05) is 37.3 Å². The van der Waals surface area contributed by atoms with Gasteiger partial charge in [0.1, 0.15) is 11.6 Å². The number of aromatic nitrogens is 4. The number of hydrogen-bond acceptors (Lipinski definition) is 7. The number of amides is 1. The fourth-order valence-corrected chi connectivity index (χ4v) is 4.03. The van der Waals surface area contributed by atoms with Crippen molar-refractivity contribution in [1.82, 2.24) is 29.5 Å². The maximum Gasteiger partial charge on any atom is 0.226 e. The number of nitrogens with one attached hydrogen (secondary N) is 1. The first kappa shape index (κ1) is 22.2. The molecule has 0 bridgehead atoms. The third kappa shape index (κ3) is 5.05. The molecule has 0 radical (unpaired) electrons. The lowest BCUT2D eigenvalue weighted by molar-refractivity contribution is -0.116. The number of aryl methyl sites for hydroxylation is 3. The standard InChI is InChI=1S/C23H31N7O2/c1-15-12-16(2)30(27-15)21-13-20(25-23(26-21)19-7-6-17(3)32-19)24-22(31)9-11-29-10-8-18(14-29)28(4)5/h6-7,12-13,18H,8-11,14H2,1-5H3,(H,24,25,26,31)/t18-/m1/s1. The summed E-state index contributed by atoms with van der Waals surface area (Å²) in [5.74, 6) is 2.67. The summed E-state index contributed by atoms with van der Waals surface area (Å²) < 4.78 is 7.47. The van der Waals surface area contributed by atoms with Crippen molar-refractivity contribution in [2.24, 2.45) is 0 Å². The van der Waals surface area contributed by atoms with Crippen molar-refractivity contribution in [1.29, 1.82) is 0 Å².